The van der Waals surface area contributed by atoms with Gasteiger partial charge in [0, 0.05) is 25.0 Å². The summed E-state index contributed by atoms with van der Waals surface area (Å²) in [6, 6.07) is 13.5. The monoisotopic (exact) mass is 298 g/mol. The Morgan fingerprint density at radius 1 is 1.24 bits per heavy atom. The zero-order chi connectivity index (χ0) is 14.7. The van der Waals surface area contributed by atoms with Crippen LogP contribution >= 0.6 is 11.3 Å². The maximum Gasteiger partial charge on any atom is 0.355 e. The molecule has 0 fully saturated rings. The van der Waals surface area contributed by atoms with Gasteiger partial charge in [-0.25, -0.2) is 9.78 Å². The van der Waals surface area contributed by atoms with E-state index in [4.69, 9.17) is 4.74 Å². The summed E-state index contributed by atoms with van der Waals surface area (Å²) in [5.41, 5.74) is 1.62. The molecule has 3 aromatic rings. The topological polar surface area (TPSA) is 44.1 Å². The van der Waals surface area contributed by atoms with Crippen LogP contribution in [0.1, 0.15) is 15.4 Å². The van der Waals surface area contributed by atoms with Gasteiger partial charge in [0.05, 0.1) is 4.88 Å². The Bertz CT molecular complexity index is 746. The molecule has 106 valence electrons. The first kappa shape index (κ1) is 13.6. The molecule has 0 atom stereocenters. The number of aryl methyl sites for hydroxylation is 1. The predicted octanol–water partition coefficient (Wildman–Crippen LogP) is 3.51. The average molecular weight is 298 g/mol. The summed E-state index contributed by atoms with van der Waals surface area (Å²) in [6.45, 7) is 0.245. The quantitative estimate of drug-likeness (QED) is 0.692. The molecule has 21 heavy (non-hydrogen) atoms. The van der Waals surface area contributed by atoms with Gasteiger partial charge in [0.25, 0.3) is 0 Å². The molecule has 0 amide bonds. The van der Waals surface area contributed by atoms with Crippen molar-refractivity contribution in [3.05, 3.63) is 65.4 Å². The first-order valence-corrected chi connectivity index (χ1v) is 7.34. The van der Waals surface area contributed by atoms with E-state index in [1.807, 2.05) is 49.6 Å². The van der Waals surface area contributed by atoms with Crippen LogP contribution in [0.3, 0.4) is 0 Å². The number of hydrogen-bond acceptors (Lipinski definition) is 4. The number of aromatic nitrogens is 2. The predicted molar refractivity (Wildman–Crippen MR) is 82.1 cm³/mol. The van der Waals surface area contributed by atoms with Crippen LogP contribution in [0.25, 0.3) is 10.6 Å². The van der Waals surface area contributed by atoms with Crippen LogP contribution in [0.15, 0.2) is 54.9 Å². The lowest BCUT2D eigenvalue weighted by Crippen LogP contribution is -2.09. The molecule has 0 aliphatic rings. The van der Waals surface area contributed by atoms with Crippen molar-refractivity contribution < 1.29 is 9.53 Å². The van der Waals surface area contributed by atoms with Gasteiger partial charge >= 0.3 is 5.97 Å². The number of hydrogen-bond donors (Lipinski definition) is 0. The maximum absolute atomic E-state index is 11.9. The number of esters is 1. The average Bonchev–Trinajstić information content (AvgIpc) is 3.15. The third-order valence-electron chi connectivity index (χ3n) is 3.07. The third-order valence-corrected chi connectivity index (χ3v) is 4.09. The highest BCUT2D eigenvalue weighted by molar-refractivity contribution is 7.15. The number of carbonyl (C=O) groups is 1. The molecule has 0 unspecified atom stereocenters. The summed E-state index contributed by atoms with van der Waals surface area (Å²) in [5.74, 6) is -0.322. The van der Waals surface area contributed by atoms with Gasteiger partial charge in [0.2, 0.25) is 0 Å². The highest BCUT2D eigenvalue weighted by Gasteiger charge is 2.11. The number of nitrogens with zero attached hydrogens (tertiary/aromatic N) is 2. The van der Waals surface area contributed by atoms with Crippen LogP contribution in [-0.2, 0) is 18.4 Å². The van der Waals surface area contributed by atoms with E-state index >= 15 is 0 Å². The van der Waals surface area contributed by atoms with Gasteiger partial charge in [-0.2, -0.15) is 0 Å². The first-order valence-electron chi connectivity index (χ1n) is 6.52. The highest BCUT2D eigenvalue weighted by atomic mass is 32.1. The molecule has 0 N–H and O–H groups in total. The van der Waals surface area contributed by atoms with Crippen LogP contribution < -0.4 is 0 Å². The summed E-state index contributed by atoms with van der Waals surface area (Å²) in [4.78, 5) is 17.2. The van der Waals surface area contributed by atoms with E-state index in [9.17, 15) is 4.79 Å². The molecule has 0 spiro atoms. The fourth-order valence-corrected chi connectivity index (χ4v) is 2.80. The molecule has 0 radical (unpaired) electrons. The van der Waals surface area contributed by atoms with Gasteiger partial charge in [0.1, 0.15) is 17.3 Å². The summed E-state index contributed by atoms with van der Waals surface area (Å²) >= 11 is 1.53. The van der Waals surface area contributed by atoms with E-state index in [-0.39, 0.29) is 12.6 Å². The SMILES string of the molecule is Cn1cccc1C(=O)OCc1cnc(-c2ccccc2)s1. The van der Waals surface area contributed by atoms with Gasteiger partial charge in [-0.15, -0.1) is 11.3 Å². The number of carbonyl (C=O) groups excluding carboxylic acids is 1. The lowest BCUT2D eigenvalue weighted by molar-refractivity contribution is 0.0465. The van der Waals surface area contributed by atoms with Crippen LogP contribution in [0.5, 0.6) is 0 Å². The molecular weight excluding hydrogens is 284 g/mol. The smallest absolute Gasteiger partial charge is 0.355 e. The highest BCUT2D eigenvalue weighted by Crippen LogP contribution is 2.25. The molecule has 1 aromatic carbocycles. The van der Waals surface area contributed by atoms with E-state index in [1.165, 1.54) is 11.3 Å². The lowest BCUT2D eigenvalue weighted by Gasteiger charge is -2.03. The second-order valence-corrected chi connectivity index (χ2v) is 5.69. The molecule has 0 aliphatic heterocycles. The second kappa shape index (κ2) is 5.93. The van der Waals surface area contributed by atoms with Crippen molar-refractivity contribution in [3.63, 3.8) is 0 Å². The summed E-state index contributed by atoms with van der Waals surface area (Å²) in [5, 5.41) is 0.931. The lowest BCUT2D eigenvalue weighted by atomic mass is 10.2. The van der Waals surface area contributed by atoms with Crippen molar-refractivity contribution in [2.75, 3.05) is 0 Å². The fourth-order valence-electron chi connectivity index (χ4n) is 1.97. The standard InChI is InChI=1S/C16H14N2O2S/c1-18-9-5-8-14(18)16(19)20-11-13-10-17-15(21-13)12-6-3-2-4-7-12/h2-10H,11H2,1H3. The largest absolute Gasteiger partial charge is 0.455 e. The molecule has 2 aromatic heterocycles. The molecule has 0 bridgehead atoms. The van der Waals surface area contributed by atoms with Crippen molar-refractivity contribution in [1.29, 1.82) is 0 Å². The van der Waals surface area contributed by atoms with Crippen LogP contribution in [0.4, 0.5) is 0 Å². The minimum Gasteiger partial charge on any atom is -0.455 e. The molecule has 0 aliphatic carbocycles. The molecular formula is C16H14N2O2S. The molecule has 0 saturated carbocycles. The Hall–Kier alpha value is -2.40. The minimum absolute atomic E-state index is 0.245. The fraction of sp³-hybridized carbons (Fsp3) is 0.125. The van der Waals surface area contributed by atoms with E-state index in [1.54, 1.807) is 16.8 Å². The number of benzene rings is 1. The number of rotatable bonds is 4. The van der Waals surface area contributed by atoms with Crippen molar-refractivity contribution >= 4 is 17.3 Å². The van der Waals surface area contributed by atoms with Gasteiger partial charge in [-0.1, -0.05) is 30.3 Å². The third kappa shape index (κ3) is 3.03. The van der Waals surface area contributed by atoms with Crippen LogP contribution in [-0.4, -0.2) is 15.5 Å². The Kier molecular flexibility index (Phi) is 3.83. The minimum atomic E-state index is -0.322. The molecule has 3 rings (SSSR count). The van der Waals surface area contributed by atoms with Gasteiger partial charge in [-0.05, 0) is 12.1 Å². The Morgan fingerprint density at radius 2 is 2.05 bits per heavy atom. The van der Waals surface area contributed by atoms with E-state index in [2.05, 4.69) is 4.98 Å². The van der Waals surface area contributed by atoms with E-state index in [0.29, 0.717) is 5.69 Å². The summed E-state index contributed by atoms with van der Waals surface area (Å²) < 4.78 is 7.05. The molecule has 4 nitrogen and oxygen atoms in total. The van der Waals surface area contributed by atoms with Crippen molar-refractivity contribution in [2.24, 2.45) is 7.05 Å². The Labute approximate surface area is 126 Å². The zero-order valence-electron chi connectivity index (χ0n) is 11.5. The van der Waals surface area contributed by atoms with Gasteiger partial charge < -0.3 is 9.30 Å². The van der Waals surface area contributed by atoms with Gasteiger partial charge in [-0.3, -0.25) is 0 Å². The van der Waals surface area contributed by atoms with Crippen molar-refractivity contribution in [2.45, 2.75) is 6.61 Å². The van der Waals surface area contributed by atoms with E-state index in [0.717, 1.165) is 15.4 Å². The van der Waals surface area contributed by atoms with Crippen LogP contribution in [0, 0.1) is 0 Å². The Morgan fingerprint density at radius 3 is 2.76 bits per heavy atom. The van der Waals surface area contributed by atoms with E-state index < -0.39 is 0 Å². The van der Waals surface area contributed by atoms with Gasteiger partial charge in [0.15, 0.2) is 0 Å². The maximum atomic E-state index is 11.9. The second-order valence-electron chi connectivity index (χ2n) is 4.58. The normalized spacial score (nSPS) is 10.5. The Balaban J connectivity index is 1.66. The van der Waals surface area contributed by atoms with Crippen molar-refractivity contribution in [1.82, 2.24) is 9.55 Å². The number of ether oxygens (including phenoxy) is 1. The summed E-state index contributed by atoms with van der Waals surface area (Å²) in [6.07, 6.45) is 3.57. The molecule has 0 saturated heterocycles. The number of thiazole rings is 1. The summed E-state index contributed by atoms with van der Waals surface area (Å²) in [7, 11) is 1.82. The first-order chi connectivity index (χ1) is 10.2. The zero-order valence-corrected chi connectivity index (χ0v) is 12.3. The molecule has 2 heterocycles. The van der Waals surface area contributed by atoms with Crippen LogP contribution in [0.2, 0.25) is 0 Å². The van der Waals surface area contributed by atoms with Crippen molar-refractivity contribution in [3.8, 4) is 10.6 Å². The molecule has 5 heteroatoms.